The molecule has 2 aromatic rings. The third-order valence-corrected chi connectivity index (χ3v) is 12.2. The van der Waals surface area contributed by atoms with Gasteiger partial charge in [-0.2, -0.15) is 0 Å². The minimum absolute atomic E-state index is 0.0984. The van der Waals surface area contributed by atoms with Gasteiger partial charge in [-0.3, -0.25) is 9.46 Å². The third kappa shape index (κ3) is 2.90. The predicted molar refractivity (Wildman–Crippen MR) is 136 cm³/mol. The Hall–Kier alpha value is -1.98. The SMILES string of the molecule is CN(C)c1ccc2c(c1)C(=O)C(=C1N(C)c3ccccc3C1(C)C)P2(=S)N1CCOCC1. The van der Waals surface area contributed by atoms with Gasteiger partial charge < -0.3 is 14.5 Å². The number of benzene rings is 2. The molecule has 7 heteroatoms. The first-order valence-corrected chi connectivity index (χ1v) is 13.8. The van der Waals surface area contributed by atoms with E-state index in [0.717, 1.165) is 46.3 Å². The molecule has 1 atom stereocenters. The summed E-state index contributed by atoms with van der Waals surface area (Å²) in [5.74, 6) is 0.0984. The van der Waals surface area contributed by atoms with Gasteiger partial charge in [-0.15, -0.1) is 0 Å². The Labute approximate surface area is 195 Å². The molecule has 1 fully saturated rings. The quantitative estimate of drug-likeness (QED) is 0.492. The zero-order valence-corrected chi connectivity index (χ0v) is 21.1. The first-order chi connectivity index (χ1) is 15.2. The van der Waals surface area contributed by atoms with Gasteiger partial charge >= 0.3 is 0 Å². The first-order valence-electron chi connectivity index (χ1n) is 11.1. The van der Waals surface area contributed by atoms with Gasteiger partial charge in [0.25, 0.3) is 0 Å². The van der Waals surface area contributed by atoms with Gasteiger partial charge in [0.1, 0.15) is 0 Å². The first kappa shape index (κ1) is 21.8. The molecule has 0 aliphatic carbocycles. The van der Waals surface area contributed by atoms with Crippen molar-refractivity contribution in [3.8, 4) is 0 Å². The number of Topliss-reactive ketones (excluding diaryl/α,β-unsaturated/α-hetero) is 1. The number of carbonyl (C=O) groups is 1. The van der Waals surface area contributed by atoms with Crippen molar-refractivity contribution in [2.75, 3.05) is 57.2 Å². The monoisotopic (exact) mass is 467 g/mol. The summed E-state index contributed by atoms with van der Waals surface area (Å²) in [6.45, 7) is 7.26. The molecule has 0 N–H and O–H groups in total. The highest BCUT2D eigenvalue weighted by Gasteiger charge is 2.51. The van der Waals surface area contributed by atoms with Crippen LogP contribution in [0, 0.1) is 0 Å². The maximum absolute atomic E-state index is 14.2. The highest BCUT2D eigenvalue weighted by Crippen LogP contribution is 2.66. The van der Waals surface area contributed by atoms with E-state index in [2.05, 4.69) is 66.9 Å². The molecular formula is C25H30N3O2PS. The highest BCUT2D eigenvalue weighted by molar-refractivity contribution is 8.20. The Morgan fingerprint density at radius 2 is 1.78 bits per heavy atom. The van der Waals surface area contributed by atoms with Crippen molar-refractivity contribution >= 4 is 40.5 Å². The number of allylic oxidation sites excluding steroid dienone is 2. The van der Waals surface area contributed by atoms with Crippen molar-refractivity contribution < 1.29 is 9.53 Å². The maximum atomic E-state index is 14.2. The summed E-state index contributed by atoms with van der Waals surface area (Å²) in [5.41, 5.74) is 4.94. The number of ketones is 1. The topological polar surface area (TPSA) is 36.0 Å². The zero-order valence-electron chi connectivity index (χ0n) is 19.4. The van der Waals surface area contributed by atoms with Crippen LogP contribution in [0.25, 0.3) is 0 Å². The average molecular weight is 468 g/mol. The van der Waals surface area contributed by atoms with Gasteiger partial charge in [0.05, 0.1) is 24.7 Å². The van der Waals surface area contributed by atoms with E-state index in [-0.39, 0.29) is 11.2 Å². The number of ether oxygens (including phenoxy) is 1. The molecule has 3 aliphatic heterocycles. The van der Waals surface area contributed by atoms with Crippen LogP contribution >= 0.6 is 6.19 Å². The lowest BCUT2D eigenvalue weighted by Crippen LogP contribution is -2.37. The molecule has 32 heavy (non-hydrogen) atoms. The van der Waals surface area contributed by atoms with E-state index < -0.39 is 6.19 Å². The van der Waals surface area contributed by atoms with Crippen molar-refractivity contribution in [1.82, 2.24) is 4.67 Å². The second kappa shape index (κ2) is 7.53. The molecule has 0 amide bonds. The van der Waals surface area contributed by atoms with Crippen LogP contribution in [0.1, 0.15) is 29.8 Å². The molecule has 0 saturated carbocycles. The van der Waals surface area contributed by atoms with E-state index in [4.69, 9.17) is 16.5 Å². The molecule has 168 valence electrons. The predicted octanol–water partition coefficient (Wildman–Crippen LogP) is 3.94. The number of rotatable bonds is 2. The number of carbonyl (C=O) groups excluding carboxylic acids is 1. The minimum Gasteiger partial charge on any atom is -0.379 e. The fourth-order valence-electron chi connectivity index (χ4n) is 5.43. The van der Waals surface area contributed by atoms with E-state index in [9.17, 15) is 4.79 Å². The summed E-state index contributed by atoms with van der Waals surface area (Å²) in [5, 5.41) is 1.87. The molecular weight excluding hydrogens is 437 g/mol. The average Bonchev–Trinajstić information content (AvgIpc) is 3.13. The molecule has 1 saturated heterocycles. The third-order valence-electron chi connectivity index (χ3n) is 7.06. The summed E-state index contributed by atoms with van der Waals surface area (Å²) >= 11 is 6.61. The van der Waals surface area contributed by atoms with Crippen LogP contribution in [0.2, 0.25) is 0 Å². The lowest BCUT2D eigenvalue weighted by atomic mass is 9.83. The zero-order chi connectivity index (χ0) is 22.8. The number of hydrogen-bond acceptors (Lipinski definition) is 5. The largest absolute Gasteiger partial charge is 0.379 e. The summed E-state index contributed by atoms with van der Waals surface area (Å²) in [6, 6.07) is 14.7. The summed E-state index contributed by atoms with van der Waals surface area (Å²) in [4.78, 5) is 18.5. The number of para-hydroxylation sites is 1. The van der Waals surface area contributed by atoms with Crippen LogP contribution in [-0.2, 0) is 22.0 Å². The number of morpholine rings is 1. The number of likely N-dealkylation sites (N-methyl/N-ethyl adjacent to an activating group) is 1. The molecule has 3 heterocycles. The number of anilines is 2. The standard InChI is InChI=1S/C25H30N3O2PS/c1-25(2)19-8-6-7-9-20(19)27(5)24(25)23-22(29)18-16-17(26(3)4)10-11-21(18)31(23,32)28-12-14-30-15-13-28/h6-11,16H,12-15H2,1-5H3. The van der Waals surface area contributed by atoms with Gasteiger partial charge in [0.2, 0.25) is 0 Å². The molecule has 0 aromatic heterocycles. The summed E-state index contributed by atoms with van der Waals surface area (Å²) < 4.78 is 8.03. The fourth-order valence-corrected chi connectivity index (χ4v) is 10.3. The Morgan fingerprint density at radius 3 is 2.44 bits per heavy atom. The van der Waals surface area contributed by atoms with Crippen molar-refractivity contribution in [2.45, 2.75) is 19.3 Å². The Bertz CT molecular complexity index is 1200. The lowest BCUT2D eigenvalue weighted by molar-refractivity contribution is 0.0752. The van der Waals surface area contributed by atoms with Crippen LogP contribution < -0.4 is 15.1 Å². The molecule has 2 aromatic carbocycles. The minimum atomic E-state index is -2.49. The van der Waals surface area contributed by atoms with E-state index >= 15 is 0 Å². The maximum Gasteiger partial charge on any atom is 0.198 e. The molecule has 0 bridgehead atoms. The van der Waals surface area contributed by atoms with Gasteiger partial charge in [0, 0.05) is 67.6 Å². The van der Waals surface area contributed by atoms with Gasteiger partial charge in [-0.05, 0) is 29.8 Å². The van der Waals surface area contributed by atoms with Crippen LogP contribution in [0.4, 0.5) is 11.4 Å². The van der Waals surface area contributed by atoms with Crippen molar-refractivity contribution in [3.63, 3.8) is 0 Å². The second-order valence-corrected chi connectivity index (χ2v) is 13.7. The number of hydrogen-bond donors (Lipinski definition) is 0. The molecule has 5 nitrogen and oxygen atoms in total. The Morgan fingerprint density at radius 1 is 1.09 bits per heavy atom. The molecule has 0 radical (unpaired) electrons. The second-order valence-electron chi connectivity index (χ2n) is 9.47. The summed E-state index contributed by atoms with van der Waals surface area (Å²) in [6.07, 6.45) is -2.49. The molecule has 0 spiro atoms. The van der Waals surface area contributed by atoms with Crippen molar-refractivity contribution in [2.24, 2.45) is 0 Å². The summed E-state index contributed by atoms with van der Waals surface area (Å²) in [7, 11) is 6.09. The highest BCUT2D eigenvalue weighted by atomic mass is 32.4. The molecule has 5 rings (SSSR count). The van der Waals surface area contributed by atoms with Crippen molar-refractivity contribution in [3.05, 3.63) is 64.6 Å². The van der Waals surface area contributed by atoms with Gasteiger partial charge in [-0.25, -0.2) is 0 Å². The van der Waals surface area contributed by atoms with Gasteiger partial charge in [-0.1, -0.05) is 43.9 Å². The van der Waals surface area contributed by atoms with E-state index in [1.165, 1.54) is 5.56 Å². The smallest absolute Gasteiger partial charge is 0.198 e. The van der Waals surface area contributed by atoms with Crippen LogP contribution in [0.5, 0.6) is 0 Å². The number of nitrogens with zero attached hydrogens (tertiary/aromatic N) is 3. The van der Waals surface area contributed by atoms with Crippen molar-refractivity contribution in [1.29, 1.82) is 0 Å². The Kier molecular flexibility index (Phi) is 5.14. The number of fused-ring (bicyclic) bond motifs is 2. The Balaban J connectivity index is 1.81. The van der Waals surface area contributed by atoms with Gasteiger partial charge in [0.15, 0.2) is 5.78 Å². The van der Waals surface area contributed by atoms with Crippen LogP contribution in [-0.4, -0.2) is 57.9 Å². The van der Waals surface area contributed by atoms with E-state index in [1.54, 1.807) is 0 Å². The lowest BCUT2D eigenvalue weighted by Gasteiger charge is -2.38. The van der Waals surface area contributed by atoms with Crippen LogP contribution in [0.3, 0.4) is 0 Å². The fraction of sp³-hybridized carbons (Fsp3) is 0.400. The molecule has 3 aliphatic rings. The van der Waals surface area contributed by atoms with E-state index in [0.29, 0.717) is 13.2 Å². The molecule has 1 unspecified atom stereocenters. The van der Waals surface area contributed by atoms with E-state index in [1.807, 2.05) is 25.1 Å². The van der Waals surface area contributed by atoms with Crippen LogP contribution in [0.15, 0.2) is 53.5 Å². The normalized spacial score (nSPS) is 26.9.